The Bertz CT molecular complexity index is 821. The highest BCUT2D eigenvalue weighted by atomic mass is 32.2. The molecule has 1 atom stereocenters. The van der Waals surface area contributed by atoms with E-state index in [0.29, 0.717) is 19.6 Å². The highest BCUT2D eigenvalue weighted by molar-refractivity contribution is 7.91. The van der Waals surface area contributed by atoms with Gasteiger partial charge in [-0.15, -0.1) is 0 Å². The van der Waals surface area contributed by atoms with E-state index in [-0.39, 0.29) is 24.4 Å². The number of carbonyl (C=O) groups excluding carboxylic acids is 1. The molecular weight excluding hydrogens is 368 g/mol. The lowest BCUT2D eigenvalue weighted by atomic mass is 9.94. The molecule has 7 heteroatoms. The molecule has 1 aromatic rings. The van der Waals surface area contributed by atoms with Crippen LogP contribution in [0.3, 0.4) is 0 Å². The van der Waals surface area contributed by atoms with Crippen molar-refractivity contribution in [3.63, 3.8) is 0 Å². The molecule has 3 rings (SSSR count). The van der Waals surface area contributed by atoms with E-state index < -0.39 is 26.8 Å². The summed E-state index contributed by atoms with van der Waals surface area (Å²) in [5.41, 5.74) is 1.90. The van der Waals surface area contributed by atoms with Crippen molar-refractivity contribution in [2.45, 2.75) is 49.9 Å². The Balaban J connectivity index is 1.93. The van der Waals surface area contributed by atoms with Gasteiger partial charge in [-0.05, 0) is 37.0 Å². The molecule has 6 nitrogen and oxygen atoms in total. The summed E-state index contributed by atoms with van der Waals surface area (Å²) < 4.78 is 42.9. The fourth-order valence-corrected chi connectivity index (χ4v) is 5.67. The van der Waals surface area contributed by atoms with Crippen LogP contribution in [0.25, 0.3) is 0 Å². The predicted molar refractivity (Wildman–Crippen MR) is 101 cm³/mol. The number of carbonyl (C=O) groups is 1. The van der Waals surface area contributed by atoms with Gasteiger partial charge in [0.05, 0.1) is 36.4 Å². The van der Waals surface area contributed by atoms with Crippen molar-refractivity contribution in [2.24, 2.45) is 0 Å². The quantitative estimate of drug-likeness (QED) is 0.690. The highest BCUT2D eigenvalue weighted by Crippen LogP contribution is 2.38. The molecule has 1 aliphatic heterocycles. The number of sulfone groups is 1. The van der Waals surface area contributed by atoms with E-state index in [1.54, 1.807) is 6.92 Å². The van der Waals surface area contributed by atoms with Crippen LogP contribution in [-0.2, 0) is 41.0 Å². The maximum Gasteiger partial charge on any atom is 0.335 e. The molecule has 0 aromatic heterocycles. The molecule has 1 unspecified atom stereocenters. The maximum atomic E-state index is 13.2. The van der Waals surface area contributed by atoms with Crippen molar-refractivity contribution < 1.29 is 27.4 Å². The molecular formula is C20H26O6S. The SMILES string of the molecule is CCOC(=O)C1=CC2(CCC1S(=O)(=O)Cc1ccccc1CC)OCCO2. The Labute approximate surface area is 160 Å². The molecule has 1 fully saturated rings. The molecule has 0 bridgehead atoms. The Morgan fingerprint density at radius 1 is 1.19 bits per heavy atom. The zero-order chi connectivity index (χ0) is 19.5. The highest BCUT2D eigenvalue weighted by Gasteiger charge is 2.45. The number of hydrogen-bond acceptors (Lipinski definition) is 6. The molecule has 27 heavy (non-hydrogen) atoms. The second kappa shape index (κ2) is 8.12. The standard InChI is InChI=1S/C20H26O6S/c1-3-15-7-5-6-8-16(15)14-27(22,23)18-9-10-20(25-11-12-26-20)13-17(18)19(21)24-4-2/h5-8,13,18H,3-4,9-12,14H2,1-2H3. The summed E-state index contributed by atoms with van der Waals surface area (Å²) in [6.07, 6.45) is 2.94. The normalized spacial score (nSPS) is 21.9. The molecule has 1 aliphatic carbocycles. The smallest absolute Gasteiger partial charge is 0.335 e. The first-order chi connectivity index (χ1) is 12.9. The molecule has 0 radical (unpaired) electrons. The van der Waals surface area contributed by atoms with Crippen LogP contribution in [0.15, 0.2) is 35.9 Å². The minimum Gasteiger partial charge on any atom is -0.463 e. The number of rotatable bonds is 6. The van der Waals surface area contributed by atoms with Gasteiger partial charge in [0.2, 0.25) is 0 Å². The van der Waals surface area contributed by atoms with E-state index in [2.05, 4.69) is 0 Å². The molecule has 148 valence electrons. The zero-order valence-corrected chi connectivity index (χ0v) is 16.6. The zero-order valence-electron chi connectivity index (χ0n) is 15.8. The lowest BCUT2D eigenvalue weighted by Crippen LogP contribution is -2.41. The second-order valence-electron chi connectivity index (χ2n) is 6.79. The number of esters is 1. The van der Waals surface area contributed by atoms with Crippen molar-refractivity contribution in [2.75, 3.05) is 19.8 Å². The summed E-state index contributed by atoms with van der Waals surface area (Å²) in [7, 11) is -3.61. The lowest BCUT2D eigenvalue weighted by molar-refractivity contribution is -0.143. The van der Waals surface area contributed by atoms with E-state index in [4.69, 9.17) is 14.2 Å². The van der Waals surface area contributed by atoms with Gasteiger partial charge in [-0.2, -0.15) is 0 Å². The fourth-order valence-electron chi connectivity index (χ4n) is 3.73. The Morgan fingerprint density at radius 2 is 1.85 bits per heavy atom. The molecule has 1 heterocycles. The summed E-state index contributed by atoms with van der Waals surface area (Å²) in [6, 6.07) is 7.50. The maximum absolute atomic E-state index is 13.2. The van der Waals surface area contributed by atoms with E-state index in [9.17, 15) is 13.2 Å². The third-order valence-corrected chi connectivity index (χ3v) is 7.12. The second-order valence-corrected chi connectivity index (χ2v) is 8.97. The van der Waals surface area contributed by atoms with Gasteiger partial charge in [0.15, 0.2) is 15.6 Å². The van der Waals surface area contributed by atoms with Gasteiger partial charge in [-0.1, -0.05) is 31.2 Å². The molecule has 1 saturated heterocycles. The predicted octanol–water partition coefficient (Wildman–Crippen LogP) is 2.56. The van der Waals surface area contributed by atoms with Crippen LogP contribution in [0.1, 0.15) is 37.8 Å². The van der Waals surface area contributed by atoms with Crippen LogP contribution in [0.4, 0.5) is 0 Å². The van der Waals surface area contributed by atoms with Crippen LogP contribution in [0.2, 0.25) is 0 Å². The fraction of sp³-hybridized carbons (Fsp3) is 0.550. The van der Waals surface area contributed by atoms with Crippen molar-refractivity contribution in [3.8, 4) is 0 Å². The summed E-state index contributed by atoms with van der Waals surface area (Å²) in [4.78, 5) is 12.5. The van der Waals surface area contributed by atoms with E-state index in [1.807, 2.05) is 31.2 Å². The molecule has 0 saturated carbocycles. The van der Waals surface area contributed by atoms with Crippen LogP contribution < -0.4 is 0 Å². The summed E-state index contributed by atoms with van der Waals surface area (Å²) in [5, 5.41) is -0.917. The van der Waals surface area contributed by atoms with Gasteiger partial charge in [0, 0.05) is 6.42 Å². The number of benzene rings is 1. The molecule has 2 aliphatic rings. The van der Waals surface area contributed by atoms with Gasteiger partial charge in [0.25, 0.3) is 0 Å². The summed E-state index contributed by atoms with van der Waals surface area (Å²) in [6.45, 7) is 4.72. The van der Waals surface area contributed by atoms with Crippen molar-refractivity contribution in [1.82, 2.24) is 0 Å². The topological polar surface area (TPSA) is 78.9 Å². The van der Waals surface area contributed by atoms with E-state index in [1.165, 1.54) is 6.08 Å². The van der Waals surface area contributed by atoms with Crippen molar-refractivity contribution in [3.05, 3.63) is 47.0 Å². The third-order valence-electron chi connectivity index (χ3n) is 5.05. The first-order valence-corrected chi connectivity index (χ1v) is 11.1. The number of hydrogen-bond donors (Lipinski definition) is 0. The summed E-state index contributed by atoms with van der Waals surface area (Å²) >= 11 is 0. The molecule has 1 aromatic carbocycles. The first kappa shape index (κ1) is 20.0. The van der Waals surface area contributed by atoms with Crippen LogP contribution >= 0.6 is 0 Å². The van der Waals surface area contributed by atoms with Gasteiger partial charge in [0.1, 0.15) is 0 Å². The van der Waals surface area contributed by atoms with Crippen molar-refractivity contribution >= 4 is 15.8 Å². The van der Waals surface area contributed by atoms with E-state index >= 15 is 0 Å². The van der Waals surface area contributed by atoms with Crippen LogP contribution in [0, 0.1) is 0 Å². The van der Waals surface area contributed by atoms with Gasteiger partial charge in [-0.3, -0.25) is 0 Å². The van der Waals surface area contributed by atoms with Crippen LogP contribution in [-0.4, -0.2) is 45.2 Å². The number of ether oxygens (including phenoxy) is 3. The Morgan fingerprint density at radius 3 is 2.48 bits per heavy atom. The van der Waals surface area contributed by atoms with E-state index in [0.717, 1.165) is 17.5 Å². The average molecular weight is 394 g/mol. The lowest BCUT2D eigenvalue weighted by Gasteiger charge is -2.33. The molecule has 1 spiro atoms. The molecule has 0 amide bonds. The monoisotopic (exact) mass is 394 g/mol. The Kier molecular flexibility index (Phi) is 6.03. The minimum absolute atomic E-state index is 0.104. The van der Waals surface area contributed by atoms with Gasteiger partial charge >= 0.3 is 5.97 Å². The largest absolute Gasteiger partial charge is 0.463 e. The van der Waals surface area contributed by atoms with Gasteiger partial charge in [-0.25, -0.2) is 13.2 Å². The van der Waals surface area contributed by atoms with Crippen LogP contribution in [0.5, 0.6) is 0 Å². The van der Waals surface area contributed by atoms with Crippen molar-refractivity contribution in [1.29, 1.82) is 0 Å². The minimum atomic E-state index is -3.61. The number of aryl methyl sites for hydroxylation is 1. The summed E-state index contributed by atoms with van der Waals surface area (Å²) in [5.74, 6) is -1.73. The third kappa shape index (κ3) is 4.25. The average Bonchev–Trinajstić information content (AvgIpc) is 3.09. The molecule has 0 N–H and O–H groups in total. The first-order valence-electron chi connectivity index (χ1n) is 9.37. The van der Waals surface area contributed by atoms with Gasteiger partial charge < -0.3 is 14.2 Å². The Hall–Kier alpha value is -1.70.